The van der Waals surface area contributed by atoms with Gasteiger partial charge in [-0.2, -0.15) is 0 Å². The molecule has 5 unspecified atom stereocenters. The van der Waals surface area contributed by atoms with Crippen LogP contribution in [-0.2, 0) is 24.3 Å². The molecule has 0 aromatic rings. The van der Waals surface area contributed by atoms with Gasteiger partial charge < -0.3 is 4.74 Å². The van der Waals surface area contributed by atoms with E-state index in [2.05, 4.69) is 11.3 Å². The second-order valence-corrected chi connectivity index (χ2v) is 8.93. The highest BCUT2D eigenvalue weighted by atomic mass is 32.2. The Bertz CT molecular complexity index is 587. The Hall–Kier alpha value is -0.860. The average Bonchev–Trinajstić information content (AvgIpc) is 3.02. The fourth-order valence-corrected chi connectivity index (χ4v) is 7.67. The lowest BCUT2D eigenvalue weighted by molar-refractivity contribution is -0.150. The van der Waals surface area contributed by atoms with Gasteiger partial charge in [0.15, 0.2) is 5.78 Å². The number of carbonyl (C=O) groups excluding carboxylic acids is 2. The number of hydrogen-bond donors (Lipinski definition) is 1. The molecule has 0 radical (unpaired) electrons. The number of sulfonamides is 1. The Balaban J connectivity index is 1.54. The number of fused-ring (bicyclic) bond motifs is 1. The molecule has 3 aliphatic rings. The van der Waals surface area contributed by atoms with E-state index in [1.165, 1.54) is 6.08 Å². The largest absolute Gasteiger partial charge is 0.459 e. The van der Waals surface area contributed by atoms with Crippen molar-refractivity contribution < 1.29 is 22.7 Å². The second-order valence-electron chi connectivity index (χ2n) is 5.58. The normalized spacial score (nSPS) is 38.4. The quantitative estimate of drug-likeness (QED) is 0.559. The van der Waals surface area contributed by atoms with E-state index in [9.17, 15) is 18.0 Å². The van der Waals surface area contributed by atoms with E-state index in [-0.39, 0.29) is 52.5 Å². The zero-order valence-electron chi connectivity index (χ0n) is 11.4. The van der Waals surface area contributed by atoms with E-state index in [0.29, 0.717) is 12.8 Å². The van der Waals surface area contributed by atoms with E-state index < -0.39 is 10.0 Å². The molecule has 3 saturated heterocycles. The van der Waals surface area contributed by atoms with E-state index in [1.54, 1.807) is 11.8 Å². The lowest BCUT2D eigenvalue weighted by atomic mass is 9.93. The van der Waals surface area contributed by atoms with Crippen LogP contribution in [0.3, 0.4) is 0 Å². The van der Waals surface area contributed by atoms with Crippen molar-refractivity contribution in [2.75, 3.05) is 0 Å². The summed E-state index contributed by atoms with van der Waals surface area (Å²) in [6, 6.07) is -0.289. The lowest BCUT2D eigenvalue weighted by Crippen LogP contribution is -2.45. The minimum atomic E-state index is -3.25. The number of allylic oxidation sites excluding steroid dienone is 1. The Labute approximate surface area is 127 Å². The minimum absolute atomic E-state index is 0.000133. The highest BCUT2D eigenvalue weighted by Gasteiger charge is 2.64. The number of ketones is 1. The van der Waals surface area contributed by atoms with Gasteiger partial charge in [-0.15, -0.1) is 11.8 Å². The standard InChI is InChI=1S/C13H17NO5S2/c1-2-7(15)4-3-5-10(16)19-12-8-6-9-13(20-8)11(12)14-21(9,17)18/h2,8-9,11-14H,1,3-6H2. The molecule has 0 aromatic heterocycles. The Morgan fingerprint density at radius 1 is 1.38 bits per heavy atom. The van der Waals surface area contributed by atoms with Gasteiger partial charge in [0.05, 0.1) is 11.3 Å². The monoisotopic (exact) mass is 331 g/mol. The van der Waals surface area contributed by atoms with E-state index in [1.807, 2.05) is 0 Å². The van der Waals surface area contributed by atoms with Crippen LogP contribution in [0.5, 0.6) is 0 Å². The third kappa shape index (κ3) is 2.64. The number of hydrogen-bond acceptors (Lipinski definition) is 6. The molecule has 3 rings (SSSR count). The third-order valence-electron chi connectivity index (χ3n) is 4.24. The Morgan fingerprint density at radius 2 is 2.14 bits per heavy atom. The maximum Gasteiger partial charge on any atom is 0.306 e. The van der Waals surface area contributed by atoms with Crippen molar-refractivity contribution >= 4 is 33.5 Å². The van der Waals surface area contributed by atoms with Crippen molar-refractivity contribution in [3.05, 3.63) is 12.7 Å². The topological polar surface area (TPSA) is 89.5 Å². The molecule has 21 heavy (non-hydrogen) atoms. The predicted octanol–water partition coefficient (Wildman–Crippen LogP) is 0.382. The van der Waals surface area contributed by atoms with Crippen LogP contribution in [0.25, 0.3) is 0 Å². The second kappa shape index (κ2) is 5.40. The van der Waals surface area contributed by atoms with Crippen molar-refractivity contribution in [1.29, 1.82) is 0 Å². The van der Waals surface area contributed by atoms with Crippen molar-refractivity contribution in [2.45, 2.75) is 53.6 Å². The average molecular weight is 331 g/mol. The number of rotatable bonds is 6. The van der Waals surface area contributed by atoms with Gasteiger partial charge >= 0.3 is 5.97 Å². The first-order valence-electron chi connectivity index (χ1n) is 6.94. The SMILES string of the molecule is C=CC(=O)CCCC(=O)OC1C2CC3C(S2)C1NS3(=O)=O. The molecule has 0 aliphatic carbocycles. The Morgan fingerprint density at radius 3 is 2.86 bits per heavy atom. The fraction of sp³-hybridized carbons (Fsp3) is 0.692. The van der Waals surface area contributed by atoms with Gasteiger partial charge in [-0.25, -0.2) is 13.1 Å². The number of carbonyl (C=O) groups is 2. The maximum atomic E-state index is 11.9. The molecule has 3 aliphatic heterocycles. The zero-order valence-corrected chi connectivity index (χ0v) is 13.0. The summed E-state index contributed by atoms with van der Waals surface area (Å²) in [6.07, 6.45) is 2.29. The first-order chi connectivity index (χ1) is 9.92. The van der Waals surface area contributed by atoms with Gasteiger partial charge in [-0.3, -0.25) is 9.59 Å². The predicted molar refractivity (Wildman–Crippen MR) is 78.4 cm³/mol. The first kappa shape index (κ1) is 15.1. The molecule has 3 heterocycles. The van der Waals surface area contributed by atoms with Crippen LogP contribution in [-0.4, -0.2) is 48.1 Å². The molecule has 3 fully saturated rings. The Kier molecular flexibility index (Phi) is 3.87. The molecule has 1 N–H and O–H groups in total. The minimum Gasteiger partial charge on any atom is -0.459 e. The van der Waals surface area contributed by atoms with Gasteiger partial charge in [0.25, 0.3) is 0 Å². The molecular weight excluding hydrogens is 314 g/mol. The number of ether oxygens (including phenoxy) is 1. The van der Waals surface area contributed by atoms with Crippen molar-refractivity contribution in [3.63, 3.8) is 0 Å². The summed E-state index contributed by atoms with van der Waals surface area (Å²) in [5.74, 6) is -0.461. The summed E-state index contributed by atoms with van der Waals surface area (Å²) in [6.45, 7) is 3.37. The van der Waals surface area contributed by atoms with Gasteiger partial charge in [0, 0.05) is 23.3 Å². The lowest BCUT2D eigenvalue weighted by Gasteiger charge is -2.24. The van der Waals surface area contributed by atoms with Gasteiger partial charge in [0.2, 0.25) is 10.0 Å². The highest BCUT2D eigenvalue weighted by Crippen LogP contribution is 2.53. The van der Waals surface area contributed by atoms with Crippen LogP contribution in [0.1, 0.15) is 25.7 Å². The van der Waals surface area contributed by atoms with E-state index in [0.717, 1.165) is 0 Å². The molecule has 5 atom stereocenters. The summed E-state index contributed by atoms with van der Waals surface area (Å²) in [7, 11) is -3.25. The highest BCUT2D eigenvalue weighted by molar-refractivity contribution is 8.03. The zero-order chi connectivity index (χ0) is 15.2. The molecule has 0 spiro atoms. The van der Waals surface area contributed by atoms with Gasteiger partial charge in [-0.05, 0) is 18.9 Å². The van der Waals surface area contributed by atoms with Crippen molar-refractivity contribution in [2.24, 2.45) is 0 Å². The van der Waals surface area contributed by atoms with E-state index in [4.69, 9.17) is 4.74 Å². The maximum absolute atomic E-state index is 11.9. The molecule has 0 saturated carbocycles. The van der Waals surface area contributed by atoms with Gasteiger partial charge in [0.1, 0.15) is 6.10 Å². The summed E-state index contributed by atoms with van der Waals surface area (Å²) in [5.41, 5.74) is 0. The molecule has 2 bridgehead atoms. The molecule has 116 valence electrons. The van der Waals surface area contributed by atoms with Crippen molar-refractivity contribution in [1.82, 2.24) is 4.72 Å². The molecule has 0 amide bonds. The van der Waals surface area contributed by atoms with Crippen LogP contribution in [0.4, 0.5) is 0 Å². The smallest absolute Gasteiger partial charge is 0.306 e. The van der Waals surface area contributed by atoms with Crippen molar-refractivity contribution in [3.8, 4) is 0 Å². The van der Waals surface area contributed by atoms with Gasteiger partial charge in [-0.1, -0.05) is 6.58 Å². The summed E-state index contributed by atoms with van der Waals surface area (Å²) in [4.78, 5) is 22.9. The third-order valence-corrected chi connectivity index (χ3v) is 8.04. The fourth-order valence-electron chi connectivity index (χ4n) is 3.24. The number of nitrogens with one attached hydrogen (secondary N) is 1. The molecular formula is C13H17NO5S2. The molecule has 8 heteroatoms. The van der Waals surface area contributed by atoms with Crippen LogP contribution in [0, 0.1) is 0 Å². The van der Waals surface area contributed by atoms with Crippen LogP contribution in [0.15, 0.2) is 12.7 Å². The molecule has 0 aromatic carbocycles. The van der Waals surface area contributed by atoms with Crippen LogP contribution < -0.4 is 4.72 Å². The van der Waals surface area contributed by atoms with Crippen LogP contribution >= 0.6 is 11.8 Å². The summed E-state index contributed by atoms with van der Waals surface area (Å²) < 4.78 is 31.8. The van der Waals surface area contributed by atoms with E-state index >= 15 is 0 Å². The number of esters is 1. The summed E-state index contributed by atoms with van der Waals surface area (Å²) in [5, 5.41) is -0.272. The molecule has 6 nitrogen and oxygen atoms in total. The van der Waals surface area contributed by atoms with Crippen LogP contribution in [0.2, 0.25) is 0 Å². The first-order valence-corrected chi connectivity index (χ1v) is 9.42. The number of thioether (sulfide) groups is 1. The summed E-state index contributed by atoms with van der Waals surface area (Å²) >= 11 is 1.61.